The van der Waals surface area contributed by atoms with E-state index in [-0.39, 0.29) is 17.8 Å². The van der Waals surface area contributed by atoms with E-state index in [0.29, 0.717) is 49.8 Å². The second-order valence-electron chi connectivity index (χ2n) is 10.0. The maximum Gasteiger partial charge on any atom is 0.417 e. The number of pyridine rings is 1. The molecule has 1 aliphatic rings. The molecule has 11 nitrogen and oxygen atoms in total. The highest BCUT2D eigenvalue weighted by Gasteiger charge is 2.33. The van der Waals surface area contributed by atoms with E-state index >= 15 is 0 Å². The summed E-state index contributed by atoms with van der Waals surface area (Å²) in [5.74, 6) is 0.857. The number of amides is 1. The van der Waals surface area contributed by atoms with Crippen molar-refractivity contribution in [2.45, 2.75) is 39.0 Å². The average molecular weight is 565 g/mol. The van der Waals surface area contributed by atoms with Gasteiger partial charge >= 0.3 is 6.18 Å². The average Bonchev–Trinajstić information content (AvgIpc) is 3.71. The quantitative estimate of drug-likeness (QED) is 0.334. The van der Waals surface area contributed by atoms with Crippen LogP contribution in [-0.2, 0) is 17.5 Å². The SMILES string of the molecule is Cc1cc(C)n(CCC(=O)N2CCN(c3ccnc(-c4cnc5ccc(C(F)(F)F)cn45)n3)CC2c2cn[nH]c2)n1. The summed E-state index contributed by atoms with van der Waals surface area (Å²) in [4.78, 5) is 30.5. The molecule has 1 amide bonds. The fourth-order valence-electron chi connectivity index (χ4n) is 5.23. The van der Waals surface area contributed by atoms with Crippen LogP contribution in [0.15, 0.2) is 55.2 Å². The van der Waals surface area contributed by atoms with Gasteiger partial charge in [-0.05, 0) is 38.1 Å². The highest BCUT2D eigenvalue weighted by atomic mass is 19.4. The molecule has 14 heteroatoms. The summed E-state index contributed by atoms with van der Waals surface area (Å²) < 4.78 is 43.2. The maximum atomic E-state index is 13.4. The minimum Gasteiger partial charge on any atom is -0.352 e. The van der Waals surface area contributed by atoms with Gasteiger partial charge in [0.2, 0.25) is 5.91 Å². The molecular formula is C27H27F3N10O. The summed E-state index contributed by atoms with van der Waals surface area (Å²) in [5, 5.41) is 11.4. The Morgan fingerprint density at radius 1 is 1.12 bits per heavy atom. The summed E-state index contributed by atoms with van der Waals surface area (Å²) in [6.07, 6.45) is 3.33. The molecule has 0 aliphatic carbocycles. The number of aromatic amines is 1. The molecule has 1 aliphatic heterocycles. The van der Waals surface area contributed by atoms with Crippen LogP contribution in [0.4, 0.5) is 19.0 Å². The van der Waals surface area contributed by atoms with Gasteiger partial charge in [-0.25, -0.2) is 15.0 Å². The van der Waals surface area contributed by atoms with E-state index in [1.165, 1.54) is 16.7 Å². The van der Waals surface area contributed by atoms with Crippen molar-refractivity contribution < 1.29 is 18.0 Å². The van der Waals surface area contributed by atoms with Crippen LogP contribution in [0.3, 0.4) is 0 Å². The van der Waals surface area contributed by atoms with Crippen LogP contribution in [0.5, 0.6) is 0 Å². The van der Waals surface area contributed by atoms with Crippen molar-refractivity contribution in [1.82, 2.24) is 44.2 Å². The molecule has 212 valence electrons. The van der Waals surface area contributed by atoms with Gasteiger partial charge in [-0.3, -0.25) is 19.0 Å². The zero-order valence-corrected chi connectivity index (χ0v) is 22.4. The number of aromatic nitrogens is 8. The van der Waals surface area contributed by atoms with Crippen LogP contribution in [-0.4, -0.2) is 69.8 Å². The third-order valence-corrected chi connectivity index (χ3v) is 7.27. The van der Waals surface area contributed by atoms with Crippen LogP contribution in [0, 0.1) is 13.8 Å². The van der Waals surface area contributed by atoms with Crippen LogP contribution in [0.2, 0.25) is 0 Å². The minimum absolute atomic E-state index is 0.0120. The van der Waals surface area contributed by atoms with Gasteiger partial charge in [0, 0.05) is 62.4 Å². The Balaban J connectivity index is 1.24. The Hall–Kier alpha value is -4.75. The van der Waals surface area contributed by atoms with Crippen molar-refractivity contribution in [3.63, 3.8) is 0 Å². The number of hydrogen-bond acceptors (Lipinski definition) is 7. The monoisotopic (exact) mass is 564 g/mol. The number of piperazine rings is 1. The highest BCUT2D eigenvalue weighted by molar-refractivity contribution is 5.77. The molecule has 0 bridgehead atoms. The molecule has 6 heterocycles. The molecule has 0 spiro atoms. The molecule has 5 aromatic rings. The first-order valence-corrected chi connectivity index (χ1v) is 13.1. The van der Waals surface area contributed by atoms with E-state index < -0.39 is 11.7 Å². The Morgan fingerprint density at radius 3 is 2.71 bits per heavy atom. The lowest BCUT2D eigenvalue weighted by molar-refractivity contribution is -0.138. The predicted molar refractivity (Wildman–Crippen MR) is 143 cm³/mol. The Labute approximate surface area is 232 Å². The molecule has 1 atom stereocenters. The number of fused-ring (bicyclic) bond motifs is 1. The normalized spacial score (nSPS) is 16.1. The highest BCUT2D eigenvalue weighted by Crippen LogP contribution is 2.32. The van der Waals surface area contributed by atoms with Gasteiger partial charge in [0.15, 0.2) is 5.82 Å². The van der Waals surface area contributed by atoms with Gasteiger partial charge in [0.25, 0.3) is 0 Å². The van der Waals surface area contributed by atoms with Crippen LogP contribution >= 0.6 is 0 Å². The first kappa shape index (κ1) is 26.5. The van der Waals surface area contributed by atoms with Crippen molar-refractivity contribution in [2.75, 3.05) is 24.5 Å². The van der Waals surface area contributed by atoms with E-state index in [1.807, 2.05) is 34.4 Å². The fourth-order valence-corrected chi connectivity index (χ4v) is 5.23. The molecular weight excluding hydrogens is 537 g/mol. The van der Waals surface area contributed by atoms with Crippen molar-refractivity contribution in [2.24, 2.45) is 0 Å². The maximum absolute atomic E-state index is 13.4. The van der Waals surface area contributed by atoms with Crippen molar-refractivity contribution in [3.8, 4) is 11.5 Å². The first-order chi connectivity index (χ1) is 19.7. The molecule has 0 saturated carbocycles. The van der Waals surface area contributed by atoms with Gasteiger partial charge in [0.05, 0.1) is 29.7 Å². The van der Waals surface area contributed by atoms with E-state index in [9.17, 15) is 18.0 Å². The van der Waals surface area contributed by atoms with E-state index in [1.54, 1.807) is 24.7 Å². The number of nitrogens with zero attached hydrogens (tertiary/aromatic N) is 9. The zero-order valence-electron chi connectivity index (χ0n) is 22.4. The first-order valence-electron chi connectivity index (χ1n) is 13.1. The Morgan fingerprint density at radius 2 is 1.98 bits per heavy atom. The molecule has 0 aromatic carbocycles. The third kappa shape index (κ3) is 5.24. The lowest BCUT2D eigenvalue weighted by Crippen LogP contribution is -2.51. The number of alkyl halides is 3. The van der Waals surface area contributed by atoms with E-state index in [2.05, 4.69) is 30.2 Å². The lowest BCUT2D eigenvalue weighted by Gasteiger charge is -2.41. The summed E-state index contributed by atoms with van der Waals surface area (Å²) in [6, 6.07) is 5.77. The summed E-state index contributed by atoms with van der Waals surface area (Å²) >= 11 is 0. The standard InChI is InChI=1S/C27H27F3N10O/c1-17-11-18(2)40(36-17)8-6-25(41)38-10-9-37(16-22(38)19-12-33-34-13-19)24-5-7-31-26(35-24)21-14-32-23-4-3-20(15-39(21)23)27(28,29)30/h3-5,7,11-15,22H,6,8-10,16H2,1-2H3,(H,33,34). The lowest BCUT2D eigenvalue weighted by atomic mass is 10.1. The molecule has 41 heavy (non-hydrogen) atoms. The number of carbonyl (C=O) groups excluding carboxylic acids is 1. The number of nitrogens with one attached hydrogen (secondary N) is 1. The molecule has 1 unspecified atom stereocenters. The summed E-state index contributed by atoms with van der Waals surface area (Å²) in [6.45, 7) is 5.80. The number of aryl methyl sites for hydroxylation is 3. The van der Waals surface area contributed by atoms with Gasteiger partial charge in [-0.1, -0.05) is 0 Å². The van der Waals surface area contributed by atoms with E-state index in [4.69, 9.17) is 0 Å². The van der Waals surface area contributed by atoms with Crippen LogP contribution in [0.1, 0.15) is 35.0 Å². The molecule has 6 rings (SSSR count). The largest absolute Gasteiger partial charge is 0.417 e. The number of carbonyl (C=O) groups is 1. The van der Waals surface area contributed by atoms with Gasteiger partial charge in [0.1, 0.15) is 17.2 Å². The molecule has 1 N–H and O–H groups in total. The smallest absolute Gasteiger partial charge is 0.352 e. The summed E-state index contributed by atoms with van der Waals surface area (Å²) in [7, 11) is 0. The van der Waals surface area contributed by atoms with Crippen LogP contribution in [0.25, 0.3) is 17.2 Å². The fraction of sp³-hybridized carbons (Fsp3) is 0.333. The molecule has 1 fully saturated rings. The number of imidazole rings is 1. The Bertz CT molecular complexity index is 1690. The van der Waals surface area contributed by atoms with Gasteiger partial charge in [-0.2, -0.15) is 23.4 Å². The summed E-state index contributed by atoms with van der Waals surface area (Å²) in [5.41, 5.74) is 2.69. The number of rotatable bonds is 6. The van der Waals surface area contributed by atoms with Gasteiger partial charge in [-0.15, -0.1) is 0 Å². The topological polar surface area (TPSA) is 113 Å². The van der Waals surface area contributed by atoms with Crippen LogP contribution < -0.4 is 4.90 Å². The zero-order chi connectivity index (χ0) is 28.7. The second kappa shape index (κ2) is 10.3. The third-order valence-electron chi connectivity index (χ3n) is 7.27. The molecule has 0 radical (unpaired) electrons. The predicted octanol–water partition coefficient (Wildman–Crippen LogP) is 3.83. The number of hydrogen-bond donors (Lipinski definition) is 1. The Kier molecular flexibility index (Phi) is 6.67. The van der Waals surface area contributed by atoms with Crippen molar-refractivity contribution in [3.05, 3.63) is 77.8 Å². The molecule has 1 saturated heterocycles. The number of halogens is 3. The van der Waals surface area contributed by atoms with Crippen molar-refractivity contribution in [1.29, 1.82) is 0 Å². The second-order valence-corrected chi connectivity index (χ2v) is 10.0. The van der Waals surface area contributed by atoms with E-state index in [0.717, 1.165) is 29.2 Å². The van der Waals surface area contributed by atoms with Gasteiger partial charge < -0.3 is 9.80 Å². The van der Waals surface area contributed by atoms with Crippen molar-refractivity contribution >= 4 is 17.4 Å². The number of H-pyrrole nitrogens is 1. The minimum atomic E-state index is -4.49. The number of anilines is 1. The molecule has 5 aromatic heterocycles.